The van der Waals surface area contributed by atoms with E-state index in [1.807, 2.05) is 24.3 Å². The van der Waals surface area contributed by atoms with Crippen molar-refractivity contribution >= 4 is 17.5 Å². The molecule has 6 nitrogen and oxygen atoms in total. The van der Waals surface area contributed by atoms with Crippen LogP contribution < -0.4 is 15.4 Å². The smallest absolute Gasteiger partial charge is 0.249 e. The molecule has 106 valence electrons. The van der Waals surface area contributed by atoms with Crippen LogP contribution in [0.5, 0.6) is 5.75 Å². The third-order valence-electron chi connectivity index (χ3n) is 2.41. The van der Waals surface area contributed by atoms with Crippen LogP contribution in [0.2, 0.25) is 0 Å². The van der Waals surface area contributed by atoms with Gasteiger partial charge in [0, 0.05) is 11.2 Å². The fraction of sp³-hybridized carbons (Fsp3) is 0.357. The van der Waals surface area contributed by atoms with Gasteiger partial charge < -0.3 is 15.4 Å². The summed E-state index contributed by atoms with van der Waals surface area (Å²) in [6, 6.07) is 7.53. The van der Waals surface area contributed by atoms with Gasteiger partial charge in [-0.25, -0.2) is 0 Å². The van der Waals surface area contributed by atoms with Gasteiger partial charge in [0.1, 0.15) is 5.75 Å². The van der Waals surface area contributed by atoms with Crippen molar-refractivity contribution in [1.82, 2.24) is 15.2 Å². The molecule has 0 amide bonds. The van der Waals surface area contributed by atoms with Crippen LogP contribution in [0, 0.1) is 0 Å². The molecular formula is C14H19N5O. The number of nitrogens with zero attached hydrogens (tertiary/aromatic N) is 3. The molecule has 6 heteroatoms. The van der Waals surface area contributed by atoms with Gasteiger partial charge in [-0.15, -0.1) is 5.10 Å². The summed E-state index contributed by atoms with van der Waals surface area (Å²) in [5, 5.41) is 14.3. The van der Waals surface area contributed by atoms with E-state index in [9.17, 15) is 0 Å². The van der Waals surface area contributed by atoms with Crippen molar-refractivity contribution < 1.29 is 4.74 Å². The van der Waals surface area contributed by atoms with Crippen LogP contribution in [-0.4, -0.2) is 27.8 Å². The second-order valence-electron chi connectivity index (χ2n) is 5.39. The Morgan fingerprint density at radius 2 is 1.80 bits per heavy atom. The zero-order valence-corrected chi connectivity index (χ0v) is 12.1. The van der Waals surface area contributed by atoms with Gasteiger partial charge in [-0.2, -0.15) is 10.1 Å². The molecule has 0 fully saturated rings. The minimum absolute atomic E-state index is 0.0760. The van der Waals surface area contributed by atoms with Crippen LogP contribution in [0.3, 0.4) is 0 Å². The fourth-order valence-electron chi connectivity index (χ4n) is 1.60. The van der Waals surface area contributed by atoms with Gasteiger partial charge in [0.2, 0.25) is 5.95 Å². The van der Waals surface area contributed by atoms with Gasteiger partial charge in [0.25, 0.3) is 0 Å². The van der Waals surface area contributed by atoms with Crippen molar-refractivity contribution in [3.63, 3.8) is 0 Å². The van der Waals surface area contributed by atoms with Gasteiger partial charge in [0.15, 0.2) is 5.82 Å². The highest BCUT2D eigenvalue weighted by atomic mass is 16.5. The number of hydrogen-bond acceptors (Lipinski definition) is 6. The van der Waals surface area contributed by atoms with Crippen LogP contribution in [0.25, 0.3) is 0 Å². The molecule has 0 radical (unpaired) electrons. The maximum absolute atomic E-state index is 5.11. The zero-order chi connectivity index (χ0) is 14.6. The Hall–Kier alpha value is -2.37. The van der Waals surface area contributed by atoms with E-state index in [4.69, 9.17) is 4.74 Å². The van der Waals surface area contributed by atoms with E-state index >= 15 is 0 Å². The number of methoxy groups -OCH3 is 1. The van der Waals surface area contributed by atoms with E-state index < -0.39 is 0 Å². The Morgan fingerprint density at radius 1 is 1.10 bits per heavy atom. The minimum atomic E-state index is -0.0760. The summed E-state index contributed by atoms with van der Waals surface area (Å²) in [7, 11) is 1.64. The first kappa shape index (κ1) is 14.0. The third kappa shape index (κ3) is 4.08. The van der Waals surface area contributed by atoms with E-state index in [0.717, 1.165) is 11.4 Å². The summed E-state index contributed by atoms with van der Waals surface area (Å²) >= 11 is 0. The number of hydrogen-bond donors (Lipinski definition) is 2. The van der Waals surface area contributed by atoms with E-state index in [1.54, 1.807) is 13.3 Å². The SMILES string of the molecule is COc1ccc(Nc2nncc(NC(C)(C)C)n2)cc1. The van der Waals surface area contributed by atoms with Crippen LogP contribution in [0.1, 0.15) is 20.8 Å². The van der Waals surface area contributed by atoms with Crippen molar-refractivity contribution in [3.8, 4) is 5.75 Å². The second-order valence-corrected chi connectivity index (χ2v) is 5.39. The Balaban J connectivity index is 2.10. The minimum Gasteiger partial charge on any atom is -0.497 e. The average Bonchev–Trinajstić information content (AvgIpc) is 2.38. The number of aromatic nitrogens is 3. The van der Waals surface area contributed by atoms with Gasteiger partial charge in [-0.05, 0) is 45.0 Å². The summed E-state index contributed by atoms with van der Waals surface area (Å²) in [5.41, 5.74) is 0.799. The van der Waals surface area contributed by atoms with Crippen LogP contribution in [-0.2, 0) is 0 Å². The highest BCUT2D eigenvalue weighted by Crippen LogP contribution is 2.18. The molecule has 0 aliphatic heterocycles. The average molecular weight is 273 g/mol. The Bertz CT molecular complexity index is 563. The summed E-state index contributed by atoms with van der Waals surface area (Å²) < 4.78 is 5.11. The molecule has 0 bridgehead atoms. The predicted octanol–water partition coefficient (Wildman–Crippen LogP) is 2.83. The maximum Gasteiger partial charge on any atom is 0.249 e. The maximum atomic E-state index is 5.11. The largest absolute Gasteiger partial charge is 0.497 e. The normalized spacial score (nSPS) is 11.0. The molecule has 0 saturated carbocycles. The van der Waals surface area contributed by atoms with Crippen molar-refractivity contribution in [2.75, 3.05) is 17.7 Å². The molecule has 0 aliphatic rings. The molecule has 0 unspecified atom stereocenters. The van der Waals surface area contributed by atoms with E-state index in [0.29, 0.717) is 11.8 Å². The number of anilines is 3. The molecule has 2 N–H and O–H groups in total. The van der Waals surface area contributed by atoms with Crippen LogP contribution in [0.4, 0.5) is 17.5 Å². The first-order valence-electron chi connectivity index (χ1n) is 6.35. The molecule has 0 atom stereocenters. The quantitative estimate of drug-likeness (QED) is 0.892. The van der Waals surface area contributed by atoms with Crippen molar-refractivity contribution in [2.45, 2.75) is 26.3 Å². The summed E-state index contributed by atoms with van der Waals surface area (Å²) in [4.78, 5) is 4.37. The standard InChI is InChI=1S/C14H19N5O/c1-14(2,3)18-12-9-15-19-13(17-12)16-10-5-7-11(20-4)8-6-10/h5-9H,1-4H3,(H2,16,17,18,19). The lowest BCUT2D eigenvalue weighted by Crippen LogP contribution is -2.27. The first-order chi connectivity index (χ1) is 9.46. The molecule has 0 saturated heterocycles. The molecule has 2 aromatic rings. The first-order valence-corrected chi connectivity index (χ1v) is 6.35. The van der Waals surface area contributed by atoms with Crippen molar-refractivity contribution in [1.29, 1.82) is 0 Å². The molecule has 1 aromatic carbocycles. The summed E-state index contributed by atoms with van der Waals surface area (Å²) in [6.07, 6.45) is 1.60. The molecule has 2 rings (SSSR count). The molecule has 0 spiro atoms. The monoisotopic (exact) mass is 273 g/mol. The molecule has 1 heterocycles. The molecule has 0 aliphatic carbocycles. The molecule has 1 aromatic heterocycles. The van der Waals surface area contributed by atoms with Gasteiger partial charge in [0.05, 0.1) is 13.3 Å². The zero-order valence-electron chi connectivity index (χ0n) is 12.1. The lowest BCUT2D eigenvalue weighted by molar-refractivity contribution is 0.415. The highest BCUT2D eigenvalue weighted by Gasteiger charge is 2.11. The Kier molecular flexibility index (Phi) is 4.02. The number of ether oxygens (including phenoxy) is 1. The van der Waals surface area contributed by atoms with E-state index in [1.165, 1.54) is 0 Å². The third-order valence-corrected chi connectivity index (χ3v) is 2.41. The Labute approximate surface area is 118 Å². The molecule has 20 heavy (non-hydrogen) atoms. The van der Waals surface area contributed by atoms with Crippen LogP contribution in [0.15, 0.2) is 30.5 Å². The molecular weight excluding hydrogens is 254 g/mol. The summed E-state index contributed by atoms with van der Waals surface area (Å²) in [5.74, 6) is 1.94. The number of nitrogens with one attached hydrogen (secondary N) is 2. The predicted molar refractivity (Wildman–Crippen MR) is 79.5 cm³/mol. The number of rotatable bonds is 4. The lowest BCUT2D eigenvalue weighted by Gasteiger charge is -2.20. The lowest BCUT2D eigenvalue weighted by atomic mass is 10.1. The topological polar surface area (TPSA) is 72.0 Å². The van der Waals surface area contributed by atoms with Crippen molar-refractivity contribution in [3.05, 3.63) is 30.5 Å². The summed E-state index contributed by atoms with van der Waals surface area (Å²) in [6.45, 7) is 6.18. The van der Waals surface area contributed by atoms with E-state index in [-0.39, 0.29) is 5.54 Å². The second kappa shape index (κ2) is 5.73. The van der Waals surface area contributed by atoms with Gasteiger partial charge in [-0.3, -0.25) is 0 Å². The fourth-order valence-corrected chi connectivity index (χ4v) is 1.60. The van der Waals surface area contributed by atoms with Gasteiger partial charge in [-0.1, -0.05) is 0 Å². The van der Waals surface area contributed by atoms with E-state index in [2.05, 4.69) is 46.6 Å². The number of benzene rings is 1. The highest BCUT2D eigenvalue weighted by molar-refractivity contribution is 5.55. The van der Waals surface area contributed by atoms with Crippen LogP contribution >= 0.6 is 0 Å². The van der Waals surface area contributed by atoms with Crippen molar-refractivity contribution in [2.24, 2.45) is 0 Å². The Morgan fingerprint density at radius 3 is 2.40 bits per heavy atom. The van der Waals surface area contributed by atoms with Gasteiger partial charge >= 0.3 is 0 Å².